The highest BCUT2D eigenvalue weighted by Gasteiger charge is 2.18. The minimum absolute atomic E-state index is 0.0490. The number of ether oxygens (including phenoxy) is 2. The van der Waals surface area contributed by atoms with Crippen LogP contribution >= 0.6 is 11.6 Å². The number of carbonyl (C=O) groups is 1. The maximum Gasteiger partial charge on any atom is 0.254 e. The summed E-state index contributed by atoms with van der Waals surface area (Å²) in [5.74, 6) is 0.811. The Labute approximate surface area is 153 Å². The summed E-state index contributed by atoms with van der Waals surface area (Å²) in [5, 5.41) is 0.636. The van der Waals surface area contributed by atoms with Crippen LogP contribution in [0.5, 0.6) is 5.75 Å². The Balaban J connectivity index is 1.77. The zero-order valence-electron chi connectivity index (χ0n) is 14.3. The Hall–Kier alpha value is -2.04. The van der Waals surface area contributed by atoms with E-state index in [0.717, 1.165) is 23.3 Å². The van der Waals surface area contributed by atoms with Gasteiger partial charge in [0.15, 0.2) is 0 Å². The molecule has 2 aromatic carbocycles. The van der Waals surface area contributed by atoms with E-state index < -0.39 is 0 Å². The molecule has 5 heteroatoms. The standard InChI is InChI=1S/C20H22ClNO3/c1-2-9-25-19-13-17(12-18(21)14-19)15-3-5-16(6-4-15)20(23)22-7-10-24-11-8-22/h3-6,12-14H,2,7-11H2,1H3. The quantitative estimate of drug-likeness (QED) is 0.800. The van der Waals surface area contributed by atoms with Crippen molar-refractivity contribution >= 4 is 17.5 Å². The zero-order valence-corrected chi connectivity index (χ0v) is 15.1. The van der Waals surface area contributed by atoms with Crippen LogP contribution in [0.4, 0.5) is 0 Å². The van der Waals surface area contributed by atoms with Gasteiger partial charge in [0.05, 0.1) is 19.8 Å². The lowest BCUT2D eigenvalue weighted by molar-refractivity contribution is 0.0303. The lowest BCUT2D eigenvalue weighted by Gasteiger charge is -2.26. The van der Waals surface area contributed by atoms with E-state index in [1.165, 1.54) is 0 Å². The van der Waals surface area contributed by atoms with Gasteiger partial charge in [-0.1, -0.05) is 30.7 Å². The maximum atomic E-state index is 12.5. The van der Waals surface area contributed by atoms with Crippen LogP contribution in [0.3, 0.4) is 0 Å². The summed E-state index contributed by atoms with van der Waals surface area (Å²) in [7, 11) is 0. The fraction of sp³-hybridized carbons (Fsp3) is 0.350. The Morgan fingerprint density at radius 2 is 1.84 bits per heavy atom. The van der Waals surface area contributed by atoms with Gasteiger partial charge in [0.1, 0.15) is 5.75 Å². The first-order valence-electron chi connectivity index (χ1n) is 8.58. The summed E-state index contributed by atoms with van der Waals surface area (Å²) < 4.78 is 11.0. The van der Waals surface area contributed by atoms with Gasteiger partial charge in [-0.3, -0.25) is 4.79 Å². The smallest absolute Gasteiger partial charge is 0.254 e. The van der Waals surface area contributed by atoms with Gasteiger partial charge >= 0.3 is 0 Å². The molecule has 0 unspecified atom stereocenters. The third-order valence-electron chi connectivity index (χ3n) is 4.11. The molecular weight excluding hydrogens is 338 g/mol. The normalized spacial score (nSPS) is 14.4. The second kappa shape index (κ2) is 8.37. The highest BCUT2D eigenvalue weighted by Crippen LogP contribution is 2.29. The van der Waals surface area contributed by atoms with E-state index in [9.17, 15) is 4.79 Å². The number of carbonyl (C=O) groups excluding carboxylic acids is 1. The molecular formula is C20H22ClNO3. The Bertz CT molecular complexity index is 724. The van der Waals surface area contributed by atoms with Gasteiger partial charge in [-0.25, -0.2) is 0 Å². The number of morpholine rings is 1. The Morgan fingerprint density at radius 1 is 1.12 bits per heavy atom. The predicted octanol–water partition coefficient (Wildman–Crippen LogP) is 4.27. The molecule has 0 atom stereocenters. The van der Waals surface area contributed by atoms with E-state index >= 15 is 0 Å². The number of hydrogen-bond donors (Lipinski definition) is 0. The van der Waals surface area contributed by atoms with Gasteiger partial charge in [-0.15, -0.1) is 0 Å². The number of rotatable bonds is 5. The third-order valence-corrected chi connectivity index (χ3v) is 4.33. The molecule has 1 aliphatic heterocycles. The minimum atomic E-state index is 0.0490. The van der Waals surface area contributed by atoms with Crippen molar-refractivity contribution in [2.75, 3.05) is 32.9 Å². The molecule has 132 valence electrons. The van der Waals surface area contributed by atoms with Gasteiger partial charge in [0.2, 0.25) is 0 Å². The van der Waals surface area contributed by atoms with Crippen LogP contribution in [0.15, 0.2) is 42.5 Å². The average Bonchev–Trinajstić information content (AvgIpc) is 2.66. The van der Waals surface area contributed by atoms with Crippen molar-refractivity contribution in [3.63, 3.8) is 0 Å². The zero-order chi connectivity index (χ0) is 17.6. The molecule has 1 aliphatic rings. The molecule has 1 amide bonds. The van der Waals surface area contributed by atoms with Crippen molar-refractivity contribution in [2.24, 2.45) is 0 Å². The van der Waals surface area contributed by atoms with Crippen LogP contribution < -0.4 is 4.74 Å². The number of halogens is 1. The van der Waals surface area contributed by atoms with Crippen LogP contribution in [0, 0.1) is 0 Å². The van der Waals surface area contributed by atoms with Gasteiger partial charge in [0, 0.05) is 23.7 Å². The summed E-state index contributed by atoms with van der Waals surface area (Å²) in [6, 6.07) is 13.3. The molecule has 0 aromatic heterocycles. The summed E-state index contributed by atoms with van der Waals surface area (Å²) in [4.78, 5) is 14.3. The summed E-state index contributed by atoms with van der Waals surface area (Å²) in [6.45, 7) is 5.22. The summed E-state index contributed by atoms with van der Waals surface area (Å²) in [6.07, 6.45) is 0.945. The van der Waals surface area contributed by atoms with E-state index in [4.69, 9.17) is 21.1 Å². The average molecular weight is 360 g/mol. The van der Waals surface area contributed by atoms with Crippen LogP contribution in [0.2, 0.25) is 5.02 Å². The lowest BCUT2D eigenvalue weighted by Crippen LogP contribution is -2.40. The van der Waals surface area contributed by atoms with E-state index in [2.05, 4.69) is 6.92 Å². The fourth-order valence-corrected chi connectivity index (χ4v) is 3.01. The first kappa shape index (κ1) is 17.8. The fourth-order valence-electron chi connectivity index (χ4n) is 2.79. The number of hydrogen-bond acceptors (Lipinski definition) is 3. The highest BCUT2D eigenvalue weighted by molar-refractivity contribution is 6.31. The van der Waals surface area contributed by atoms with Crippen molar-refractivity contribution in [3.8, 4) is 16.9 Å². The van der Waals surface area contributed by atoms with Crippen molar-refractivity contribution in [3.05, 3.63) is 53.1 Å². The van der Waals surface area contributed by atoms with Gasteiger partial charge in [-0.2, -0.15) is 0 Å². The molecule has 1 saturated heterocycles. The largest absolute Gasteiger partial charge is 0.494 e. The van der Waals surface area contributed by atoms with Crippen LogP contribution in [-0.4, -0.2) is 43.7 Å². The van der Waals surface area contributed by atoms with Gasteiger partial charge in [0.25, 0.3) is 5.91 Å². The van der Waals surface area contributed by atoms with Gasteiger partial charge in [-0.05, 0) is 47.9 Å². The first-order chi connectivity index (χ1) is 12.2. The monoisotopic (exact) mass is 359 g/mol. The van der Waals surface area contributed by atoms with E-state index in [0.29, 0.717) is 43.5 Å². The van der Waals surface area contributed by atoms with E-state index in [-0.39, 0.29) is 5.91 Å². The molecule has 0 aliphatic carbocycles. The summed E-state index contributed by atoms with van der Waals surface area (Å²) >= 11 is 6.21. The molecule has 1 heterocycles. The Kier molecular flexibility index (Phi) is 5.95. The number of amides is 1. The number of benzene rings is 2. The molecule has 0 bridgehead atoms. The van der Waals surface area contributed by atoms with E-state index in [1.807, 2.05) is 47.4 Å². The third kappa shape index (κ3) is 4.53. The van der Waals surface area contributed by atoms with Crippen LogP contribution in [0.25, 0.3) is 11.1 Å². The van der Waals surface area contributed by atoms with Crippen LogP contribution in [0.1, 0.15) is 23.7 Å². The number of nitrogens with zero attached hydrogens (tertiary/aromatic N) is 1. The SMILES string of the molecule is CCCOc1cc(Cl)cc(-c2ccc(C(=O)N3CCOCC3)cc2)c1. The van der Waals surface area contributed by atoms with Crippen LogP contribution in [-0.2, 0) is 4.74 Å². The first-order valence-corrected chi connectivity index (χ1v) is 8.96. The lowest BCUT2D eigenvalue weighted by atomic mass is 10.0. The van der Waals surface area contributed by atoms with Crippen molar-refractivity contribution in [2.45, 2.75) is 13.3 Å². The second-order valence-electron chi connectivity index (χ2n) is 6.01. The topological polar surface area (TPSA) is 38.8 Å². The molecule has 0 radical (unpaired) electrons. The van der Waals surface area contributed by atoms with E-state index in [1.54, 1.807) is 0 Å². The Morgan fingerprint density at radius 3 is 2.52 bits per heavy atom. The summed E-state index contributed by atoms with van der Waals surface area (Å²) in [5.41, 5.74) is 2.67. The molecule has 3 rings (SSSR count). The van der Waals surface area contributed by atoms with Crippen molar-refractivity contribution < 1.29 is 14.3 Å². The van der Waals surface area contributed by atoms with Crippen molar-refractivity contribution in [1.29, 1.82) is 0 Å². The molecule has 2 aromatic rings. The maximum absolute atomic E-state index is 12.5. The molecule has 0 spiro atoms. The second-order valence-corrected chi connectivity index (χ2v) is 6.44. The molecule has 0 N–H and O–H groups in total. The van der Waals surface area contributed by atoms with Crippen molar-refractivity contribution in [1.82, 2.24) is 4.90 Å². The molecule has 4 nitrogen and oxygen atoms in total. The highest BCUT2D eigenvalue weighted by atomic mass is 35.5. The minimum Gasteiger partial charge on any atom is -0.494 e. The molecule has 1 fully saturated rings. The predicted molar refractivity (Wildman–Crippen MR) is 99.4 cm³/mol. The molecule has 25 heavy (non-hydrogen) atoms. The molecule has 0 saturated carbocycles. The van der Waals surface area contributed by atoms with Gasteiger partial charge < -0.3 is 14.4 Å².